The molecule has 2 heterocycles. The molecule has 0 radical (unpaired) electrons. The first-order valence-corrected chi connectivity index (χ1v) is 5.38. The molecule has 0 aromatic rings. The van der Waals surface area contributed by atoms with Crippen molar-refractivity contribution in [3.8, 4) is 0 Å². The van der Waals surface area contributed by atoms with E-state index in [1.807, 2.05) is 0 Å². The first kappa shape index (κ1) is 12.5. The number of carbonyl (C=O) groups excluding carboxylic acids is 1. The molecule has 2 saturated heterocycles. The van der Waals surface area contributed by atoms with E-state index in [1.165, 1.54) is 18.8 Å². The fourth-order valence-corrected chi connectivity index (χ4v) is 2.06. The molecule has 6 nitrogen and oxygen atoms in total. The third-order valence-electron chi connectivity index (χ3n) is 2.72. The molecule has 2 aliphatic rings. The Morgan fingerprint density at radius 3 is 2.28 bits per heavy atom. The fourth-order valence-electron chi connectivity index (χ4n) is 2.06. The quantitative estimate of drug-likeness (QED) is 0.517. The van der Waals surface area contributed by atoms with Gasteiger partial charge in [-0.3, -0.25) is 0 Å². The predicted molar refractivity (Wildman–Crippen MR) is 60.0 cm³/mol. The lowest BCUT2D eigenvalue weighted by molar-refractivity contribution is -0.171. The number of ether oxygens (including phenoxy) is 5. The minimum absolute atomic E-state index is 0.514. The Labute approximate surface area is 104 Å². The lowest BCUT2D eigenvalue weighted by Crippen LogP contribution is -2.34. The summed E-state index contributed by atoms with van der Waals surface area (Å²) in [5, 5.41) is 0. The van der Waals surface area contributed by atoms with Gasteiger partial charge >= 0.3 is 5.97 Å². The predicted octanol–water partition coefficient (Wildman–Crippen LogP) is 0.854. The van der Waals surface area contributed by atoms with E-state index in [-0.39, 0.29) is 0 Å². The molecule has 0 aliphatic carbocycles. The van der Waals surface area contributed by atoms with Crippen molar-refractivity contribution in [2.24, 2.45) is 0 Å². The molecule has 0 aromatic carbocycles. The Morgan fingerprint density at radius 1 is 1.00 bits per heavy atom. The molecular formula is C12H14O6. The van der Waals surface area contributed by atoms with Gasteiger partial charge < -0.3 is 23.7 Å². The van der Waals surface area contributed by atoms with Gasteiger partial charge in [-0.15, -0.1) is 0 Å². The third-order valence-corrected chi connectivity index (χ3v) is 2.72. The van der Waals surface area contributed by atoms with Crippen LogP contribution in [0.2, 0.25) is 0 Å². The van der Waals surface area contributed by atoms with E-state index in [4.69, 9.17) is 23.7 Å². The molecule has 0 saturated carbocycles. The molecule has 0 aromatic heterocycles. The van der Waals surface area contributed by atoms with E-state index in [1.54, 1.807) is 0 Å². The Morgan fingerprint density at radius 2 is 1.67 bits per heavy atom. The minimum Gasteiger partial charge on any atom is -0.488 e. The van der Waals surface area contributed by atoms with E-state index in [0.29, 0.717) is 0 Å². The normalized spacial score (nSPS) is 37.3. The van der Waals surface area contributed by atoms with E-state index in [9.17, 15) is 4.79 Å². The lowest BCUT2D eigenvalue weighted by Gasteiger charge is -2.20. The maximum absolute atomic E-state index is 11.6. The van der Waals surface area contributed by atoms with Crippen molar-refractivity contribution in [2.75, 3.05) is 0 Å². The summed E-state index contributed by atoms with van der Waals surface area (Å²) in [5.74, 6) is -0.514. The molecule has 2 aliphatic heterocycles. The van der Waals surface area contributed by atoms with Gasteiger partial charge in [0.2, 0.25) is 12.4 Å². The Bertz CT molecular complexity index is 366. The van der Waals surface area contributed by atoms with Crippen LogP contribution in [0, 0.1) is 0 Å². The third kappa shape index (κ3) is 1.95. The van der Waals surface area contributed by atoms with Crippen molar-refractivity contribution >= 4 is 5.97 Å². The van der Waals surface area contributed by atoms with Gasteiger partial charge in [0, 0.05) is 0 Å². The summed E-state index contributed by atoms with van der Waals surface area (Å²) in [5.41, 5.74) is 0. The highest BCUT2D eigenvalue weighted by Gasteiger charge is 2.60. The number of esters is 1. The molecule has 6 heteroatoms. The van der Waals surface area contributed by atoms with Crippen molar-refractivity contribution in [1.82, 2.24) is 0 Å². The fraction of sp³-hybridized carbons (Fsp3) is 0.417. The lowest BCUT2D eigenvalue weighted by atomic mass is 10.1. The number of hydrogen-bond acceptors (Lipinski definition) is 6. The van der Waals surface area contributed by atoms with Gasteiger partial charge in [0.15, 0.2) is 18.3 Å². The van der Waals surface area contributed by atoms with Crippen molar-refractivity contribution in [1.29, 1.82) is 0 Å². The summed E-state index contributed by atoms with van der Waals surface area (Å²) < 4.78 is 26.2. The number of fused-ring (bicyclic) bond motifs is 1. The van der Waals surface area contributed by atoms with Gasteiger partial charge in [-0.05, 0) is 0 Å². The van der Waals surface area contributed by atoms with Gasteiger partial charge in [0.25, 0.3) is 0 Å². The van der Waals surface area contributed by atoms with Crippen LogP contribution in [0.5, 0.6) is 0 Å². The molecule has 98 valence electrons. The van der Waals surface area contributed by atoms with E-state index >= 15 is 0 Å². The van der Waals surface area contributed by atoms with Crippen LogP contribution in [-0.2, 0) is 28.5 Å². The standard InChI is InChI=1S/C12H14O6/c1-4-14-9-7-8(17-11(9)13)10(15-5-2)12(18-7)16-6-3/h4-10,12H,1-3H2. The Kier molecular flexibility index (Phi) is 3.57. The van der Waals surface area contributed by atoms with Crippen LogP contribution in [-0.4, -0.2) is 36.7 Å². The molecule has 18 heavy (non-hydrogen) atoms. The van der Waals surface area contributed by atoms with Crippen LogP contribution in [0.15, 0.2) is 38.5 Å². The second-order valence-corrected chi connectivity index (χ2v) is 3.66. The van der Waals surface area contributed by atoms with Gasteiger partial charge in [0.05, 0.1) is 18.8 Å². The summed E-state index contributed by atoms with van der Waals surface area (Å²) in [4.78, 5) is 11.6. The van der Waals surface area contributed by atoms with Gasteiger partial charge in [-0.1, -0.05) is 19.7 Å². The molecule has 2 rings (SSSR count). The van der Waals surface area contributed by atoms with Gasteiger partial charge in [0.1, 0.15) is 0 Å². The van der Waals surface area contributed by atoms with Crippen LogP contribution in [0.4, 0.5) is 0 Å². The largest absolute Gasteiger partial charge is 0.488 e. The van der Waals surface area contributed by atoms with Gasteiger partial charge in [-0.25, -0.2) is 4.79 Å². The van der Waals surface area contributed by atoms with Crippen molar-refractivity contribution in [3.63, 3.8) is 0 Å². The second kappa shape index (κ2) is 5.14. The molecule has 5 atom stereocenters. The van der Waals surface area contributed by atoms with Crippen LogP contribution in [0.25, 0.3) is 0 Å². The molecule has 0 amide bonds. The van der Waals surface area contributed by atoms with Crippen LogP contribution >= 0.6 is 0 Å². The first-order chi connectivity index (χ1) is 8.72. The molecule has 0 spiro atoms. The van der Waals surface area contributed by atoms with Crippen molar-refractivity contribution in [3.05, 3.63) is 38.5 Å². The van der Waals surface area contributed by atoms with Crippen LogP contribution < -0.4 is 0 Å². The molecule has 2 fully saturated rings. The summed E-state index contributed by atoms with van der Waals surface area (Å²) in [6, 6.07) is 0. The van der Waals surface area contributed by atoms with Crippen molar-refractivity contribution in [2.45, 2.75) is 30.7 Å². The zero-order valence-corrected chi connectivity index (χ0v) is 9.69. The Balaban J connectivity index is 2.16. The average molecular weight is 254 g/mol. The molecule has 0 N–H and O–H groups in total. The van der Waals surface area contributed by atoms with Crippen LogP contribution in [0.1, 0.15) is 0 Å². The zero-order valence-electron chi connectivity index (χ0n) is 9.69. The number of hydrogen-bond donors (Lipinski definition) is 0. The smallest absolute Gasteiger partial charge is 0.350 e. The summed E-state index contributed by atoms with van der Waals surface area (Å²) in [6.45, 7) is 10.3. The Hall–Kier alpha value is -1.95. The topological polar surface area (TPSA) is 63.2 Å². The monoisotopic (exact) mass is 254 g/mol. The van der Waals surface area contributed by atoms with Crippen LogP contribution in [0.3, 0.4) is 0 Å². The molecular weight excluding hydrogens is 240 g/mol. The molecule has 5 unspecified atom stereocenters. The van der Waals surface area contributed by atoms with Crippen molar-refractivity contribution < 1.29 is 28.5 Å². The van der Waals surface area contributed by atoms with Gasteiger partial charge in [-0.2, -0.15) is 0 Å². The maximum atomic E-state index is 11.6. The van der Waals surface area contributed by atoms with E-state index in [2.05, 4.69) is 19.7 Å². The van der Waals surface area contributed by atoms with E-state index in [0.717, 1.165) is 0 Å². The van der Waals surface area contributed by atoms with E-state index < -0.39 is 36.7 Å². The molecule has 0 bridgehead atoms. The number of carbonyl (C=O) groups is 1. The zero-order chi connectivity index (χ0) is 13.1. The highest BCUT2D eigenvalue weighted by molar-refractivity contribution is 5.78. The minimum atomic E-state index is -0.859. The highest BCUT2D eigenvalue weighted by atomic mass is 16.7. The summed E-state index contributed by atoms with van der Waals surface area (Å²) in [7, 11) is 0. The summed E-state index contributed by atoms with van der Waals surface area (Å²) >= 11 is 0. The maximum Gasteiger partial charge on any atom is 0.350 e. The SMILES string of the molecule is C=COC1OC2C(OC=C)C(=O)OC2C1OC=C. The second-order valence-electron chi connectivity index (χ2n) is 3.66. The first-order valence-electron chi connectivity index (χ1n) is 5.38. The number of rotatable bonds is 6. The average Bonchev–Trinajstić information content (AvgIpc) is 2.81. The highest BCUT2D eigenvalue weighted by Crippen LogP contribution is 2.35. The summed E-state index contributed by atoms with van der Waals surface area (Å²) in [6.07, 6.45) is 0.245.